The molecular formula is C22H27ClF6N4O4S. The minimum atomic E-state index is -5.77. The van der Waals surface area contributed by atoms with Gasteiger partial charge in [0.15, 0.2) is 0 Å². The molecule has 0 N–H and O–H groups in total. The minimum Gasteiger partial charge on any atom is -0.426 e. The molecule has 0 unspecified atom stereocenters. The molecular weight excluding hydrogens is 566 g/mol. The van der Waals surface area contributed by atoms with E-state index in [9.17, 15) is 39.6 Å². The maximum Gasteiger partial charge on any atom is 0.434 e. The van der Waals surface area contributed by atoms with Gasteiger partial charge in [0.25, 0.3) is 6.10 Å². The zero-order chi connectivity index (χ0) is 27.9. The number of carbonyl (C=O) groups excluding carboxylic acids is 1. The number of rotatable bonds is 5. The first-order valence-corrected chi connectivity index (χ1v) is 14.0. The quantitative estimate of drug-likeness (QED) is 0.486. The molecule has 1 amide bonds. The first kappa shape index (κ1) is 29.0. The number of anilines is 1. The Kier molecular flexibility index (Phi) is 8.32. The molecule has 1 aromatic rings. The predicted octanol–water partition coefficient (Wildman–Crippen LogP) is 3.70. The molecule has 3 aliphatic rings. The lowest BCUT2D eigenvalue weighted by molar-refractivity contribution is -0.308. The van der Waals surface area contributed by atoms with Crippen LogP contribution in [0, 0.1) is 0 Å². The van der Waals surface area contributed by atoms with Crippen LogP contribution in [0.25, 0.3) is 0 Å². The fraction of sp³-hybridized carbons (Fsp3) is 0.682. The smallest absolute Gasteiger partial charge is 0.426 e. The highest BCUT2D eigenvalue weighted by molar-refractivity contribution is 7.89. The summed E-state index contributed by atoms with van der Waals surface area (Å²) >= 11 is 6.24. The summed E-state index contributed by atoms with van der Waals surface area (Å²) < 4.78 is 106. The maximum atomic E-state index is 12.7. The van der Waals surface area contributed by atoms with E-state index in [4.69, 9.17) is 11.6 Å². The first-order valence-electron chi connectivity index (χ1n) is 12.0. The van der Waals surface area contributed by atoms with Crippen LogP contribution in [-0.2, 0) is 21.3 Å². The molecule has 0 aromatic heterocycles. The number of carbonyl (C=O) groups is 1. The SMILES string of the molecule is O=C(OC(C(F)(F)F)C(F)(F)F)N1CCN(Cc2ccc(Cl)cc2N2CC[C@H](N3CCCS3(=O)=O)C2)CC1. The van der Waals surface area contributed by atoms with E-state index >= 15 is 0 Å². The van der Waals surface area contributed by atoms with Gasteiger partial charge in [0, 0.05) is 69.1 Å². The Bertz CT molecular complexity index is 1110. The second kappa shape index (κ2) is 10.9. The fourth-order valence-corrected chi connectivity index (χ4v) is 6.98. The third kappa shape index (κ3) is 6.59. The molecule has 38 heavy (non-hydrogen) atoms. The van der Waals surface area contributed by atoms with Gasteiger partial charge in [0.1, 0.15) is 0 Å². The number of piperazine rings is 1. The lowest BCUT2D eigenvalue weighted by atomic mass is 10.1. The molecule has 0 spiro atoms. The van der Waals surface area contributed by atoms with E-state index in [-0.39, 0.29) is 38.0 Å². The van der Waals surface area contributed by atoms with Crippen LogP contribution in [0.1, 0.15) is 18.4 Å². The molecule has 0 radical (unpaired) electrons. The number of amides is 1. The molecule has 4 rings (SSSR count). The third-order valence-corrected chi connectivity index (χ3v) is 9.17. The molecule has 8 nitrogen and oxygen atoms in total. The van der Waals surface area contributed by atoms with E-state index in [1.165, 1.54) is 0 Å². The minimum absolute atomic E-state index is 0.108. The Morgan fingerprint density at radius 3 is 2.26 bits per heavy atom. The zero-order valence-electron chi connectivity index (χ0n) is 20.1. The highest BCUT2D eigenvalue weighted by Crippen LogP contribution is 2.36. The molecule has 0 aliphatic carbocycles. The second-order valence-electron chi connectivity index (χ2n) is 9.55. The molecule has 3 saturated heterocycles. The average molecular weight is 593 g/mol. The highest BCUT2D eigenvalue weighted by Gasteiger charge is 2.60. The van der Waals surface area contributed by atoms with Crippen LogP contribution in [0.5, 0.6) is 0 Å². The third-order valence-electron chi connectivity index (χ3n) is 6.93. The van der Waals surface area contributed by atoms with Gasteiger partial charge in [-0.1, -0.05) is 17.7 Å². The van der Waals surface area contributed by atoms with Crippen molar-refractivity contribution < 1.29 is 44.3 Å². The lowest BCUT2D eigenvalue weighted by Crippen LogP contribution is -2.52. The van der Waals surface area contributed by atoms with E-state index in [0.29, 0.717) is 44.0 Å². The van der Waals surface area contributed by atoms with Gasteiger partial charge in [-0.15, -0.1) is 0 Å². The summed E-state index contributed by atoms with van der Waals surface area (Å²) in [6, 6.07) is 5.19. The first-order chi connectivity index (χ1) is 17.6. The summed E-state index contributed by atoms with van der Waals surface area (Å²) in [4.78, 5) is 16.8. The summed E-state index contributed by atoms with van der Waals surface area (Å²) in [6.45, 7) is 2.22. The monoisotopic (exact) mass is 592 g/mol. The fourth-order valence-electron chi connectivity index (χ4n) is 5.05. The molecule has 3 fully saturated rings. The number of hydrogen-bond donors (Lipinski definition) is 0. The molecule has 214 valence electrons. The number of nitrogens with zero attached hydrogens (tertiary/aromatic N) is 4. The summed E-state index contributed by atoms with van der Waals surface area (Å²) in [6.07, 6.45) is -16.1. The van der Waals surface area contributed by atoms with Crippen LogP contribution in [0.3, 0.4) is 0 Å². The molecule has 3 aliphatic heterocycles. The van der Waals surface area contributed by atoms with Gasteiger partial charge in [-0.25, -0.2) is 13.2 Å². The number of sulfonamides is 1. The van der Waals surface area contributed by atoms with Crippen LogP contribution >= 0.6 is 11.6 Å². The number of ether oxygens (including phenoxy) is 1. The van der Waals surface area contributed by atoms with E-state index in [2.05, 4.69) is 9.64 Å². The Morgan fingerprint density at radius 2 is 1.68 bits per heavy atom. The van der Waals surface area contributed by atoms with E-state index < -0.39 is 34.6 Å². The Hall–Kier alpha value is -1.97. The van der Waals surface area contributed by atoms with Gasteiger partial charge < -0.3 is 14.5 Å². The molecule has 16 heteroatoms. The zero-order valence-corrected chi connectivity index (χ0v) is 21.7. The molecule has 0 bridgehead atoms. The van der Waals surface area contributed by atoms with Crippen molar-refractivity contribution in [3.63, 3.8) is 0 Å². The molecule has 0 saturated carbocycles. The van der Waals surface area contributed by atoms with Crippen molar-refractivity contribution in [2.45, 2.75) is 43.9 Å². The summed E-state index contributed by atoms with van der Waals surface area (Å²) in [7, 11) is -3.25. The maximum absolute atomic E-state index is 12.7. The average Bonchev–Trinajstić information content (AvgIpc) is 3.43. The van der Waals surface area contributed by atoms with Gasteiger partial charge in [-0.3, -0.25) is 4.90 Å². The molecule has 3 heterocycles. The predicted molar refractivity (Wildman–Crippen MR) is 126 cm³/mol. The van der Waals surface area contributed by atoms with Crippen molar-refractivity contribution in [1.82, 2.24) is 14.1 Å². The van der Waals surface area contributed by atoms with Crippen molar-refractivity contribution >= 4 is 33.4 Å². The van der Waals surface area contributed by atoms with Crippen LogP contribution in [-0.4, -0.2) is 105 Å². The molecule has 1 aromatic carbocycles. The second-order valence-corrected chi connectivity index (χ2v) is 12.0. The molecule has 1 atom stereocenters. The summed E-state index contributed by atoms with van der Waals surface area (Å²) in [5.41, 5.74) is 1.71. The van der Waals surface area contributed by atoms with Gasteiger partial charge in [0.05, 0.1) is 5.75 Å². The van der Waals surface area contributed by atoms with Crippen molar-refractivity contribution in [3.05, 3.63) is 28.8 Å². The van der Waals surface area contributed by atoms with Crippen LogP contribution < -0.4 is 4.90 Å². The summed E-state index contributed by atoms with van der Waals surface area (Å²) in [5.74, 6) is 0.151. The van der Waals surface area contributed by atoms with Crippen LogP contribution in [0.2, 0.25) is 5.02 Å². The van der Waals surface area contributed by atoms with Gasteiger partial charge in [-0.2, -0.15) is 30.6 Å². The summed E-state index contributed by atoms with van der Waals surface area (Å²) in [5, 5.41) is 0.498. The Balaban J connectivity index is 1.37. The Labute approximate surface area is 221 Å². The van der Waals surface area contributed by atoms with E-state index in [1.807, 2.05) is 11.0 Å². The van der Waals surface area contributed by atoms with Crippen molar-refractivity contribution in [2.24, 2.45) is 0 Å². The van der Waals surface area contributed by atoms with Crippen molar-refractivity contribution in [3.8, 4) is 0 Å². The van der Waals surface area contributed by atoms with E-state index in [0.717, 1.165) is 16.2 Å². The Morgan fingerprint density at radius 1 is 1.03 bits per heavy atom. The number of benzene rings is 1. The standard InChI is InChI=1S/C22H27ClF6N4O4S/c23-16-3-2-15(18(12-16)32-6-4-17(14-32)33-5-1-11-38(33,35)36)13-30-7-9-31(10-8-30)20(34)37-19(21(24,25)26)22(27,28)29/h2-3,12,17,19H,1,4-11,13-14H2/t17-/m0/s1. The normalized spacial score (nSPS) is 23.4. The van der Waals surface area contributed by atoms with Crippen LogP contribution in [0.4, 0.5) is 36.8 Å². The number of hydrogen-bond acceptors (Lipinski definition) is 6. The highest BCUT2D eigenvalue weighted by atomic mass is 35.5. The van der Waals surface area contributed by atoms with Gasteiger partial charge >= 0.3 is 18.4 Å². The van der Waals surface area contributed by atoms with Crippen LogP contribution in [0.15, 0.2) is 18.2 Å². The topological polar surface area (TPSA) is 73.4 Å². The van der Waals surface area contributed by atoms with E-state index in [1.54, 1.807) is 16.4 Å². The van der Waals surface area contributed by atoms with Gasteiger partial charge in [0.2, 0.25) is 10.0 Å². The number of halogens is 7. The van der Waals surface area contributed by atoms with Crippen molar-refractivity contribution in [1.29, 1.82) is 0 Å². The lowest BCUT2D eigenvalue weighted by Gasteiger charge is -2.36. The van der Waals surface area contributed by atoms with Gasteiger partial charge in [-0.05, 0) is 30.5 Å². The van der Waals surface area contributed by atoms with Crippen molar-refractivity contribution in [2.75, 3.05) is 56.5 Å². The number of alkyl halides is 6. The largest absolute Gasteiger partial charge is 0.434 e.